The van der Waals surface area contributed by atoms with Crippen LogP contribution in [0.25, 0.3) is 0 Å². The Morgan fingerprint density at radius 3 is 3.06 bits per heavy atom. The summed E-state index contributed by atoms with van der Waals surface area (Å²) in [6.45, 7) is 2.42. The Morgan fingerprint density at radius 2 is 2.39 bits per heavy atom. The predicted molar refractivity (Wildman–Crippen MR) is 69.2 cm³/mol. The van der Waals surface area contributed by atoms with Crippen LogP contribution in [0.4, 0.5) is 4.39 Å². The van der Waals surface area contributed by atoms with E-state index in [1.807, 2.05) is 6.92 Å². The maximum atomic E-state index is 13.3. The monoisotopic (exact) mass is 272 g/mol. The second kappa shape index (κ2) is 7.62. The van der Waals surface area contributed by atoms with Gasteiger partial charge < -0.3 is 0 Å². The minimum Gasteiger partial charge on any atom is -0.274 e. The number of guanidine groups is 1. The lowest BCUT2D eigenvalue weighted by molar-refractivity contribution is 0.0825. The van der Waals surface area contributed by atoms with Crippen LogP contribution < -0.4 is 10.9 Å². The summed E-state index contributed by atoms with van der Waals surface area (Å²) in [5.74, 6) is -0.623. The van der Waals surface area contributed by atoms with Crippen LogP contribution in [0.2, 0.25) is 5.02 Å². The fourth-order valence-electron chi connectivity index (χ4n) is 1.04. The molecule has 18 heavy (non-hydrogen) atoms. The van der Waals surface area contributed by atoms with E-state index in [4.69, 9.17) is 21.8 Å². The highest BCUT2D eigenvalue weighted by molar-refractivity contribution is 6.33. The van der Waals surface area contributed by atoms with Crippen LogP contribution in [0.1, 0.15) is 18.9 Å². The highest BCUT2D eigenvalue weighted by Crippen LogP contribution is 2.16. The Hall–Kier alpha value is -1.66. The molecule has 0 heterocycles. The van der Waals surface area contributed by atoms with Gasteiger partial charge in [-0.05, 0) is 18.6 Å². The van der Waals surface area contributed by atoms with Crippen molar-refractivity contribution in [1.29, 1.82) is 5.41 Å². The Balaban J connectivity index is 2.47. The molecule has 0 radical (unpaired) electrons. The third-order valence-corrected chi connectivity index (χ3v) is 2.18. The van der Waals surface area contributed by atoms with Crippen molar-refractivity contribution in [2.75, 3.05) is 6.61 Å². The molecule has 98 valence electrons. The number of hydroxylamine groups is 1. The summed E-state index contributed by atoms with van der Waals surface area (Å²) >= 11 is 5.79. The van der Waals surface area contributed by atoms with Crippen LogP contribution in [0.3, 0.4) is 0 Å². The molecular weight excluding hydrogens is 259 g/mol. The molecule has 0 saturated heterocycles. The van der Waals surface area contributed by atoms with Crippen LogP contribution >= 0.6 is 11.6 Å². The van der Waals surface area contributed by atoms with Crippen molar-refractivity contribution in [1.82, 2.24) is 10.9 Å². The smallest absolute Gasteiger partial charge is 0.233 e. The van der Waals surface area contributed by atoms with Crippen LogP contribution in [0.15, 0.2) is 23.3 Å². The van der Waals surface area contributed by atoms with Gasteiger partial charge in [0, 0.05) is 5.56 Å². The molecule has 3 N–H and O–H groups in total. The van der Waals surface area contributed by atoms with E-state index in [1.165, 1.54) is 18.3 Å². The van der Waals surface area contributed by atoms with Gasteiger partial charge in [0.1, 0.15) is 5.82 Å². The van der Waals surface area contributed by atoms with Crippen molar-refractivity contribution in [3.8, 4) is 0 Å². The topological polar surface area (TPSA) is 69.5 Å². The third-order valence-electron chi connectivity index (χ3n) is 1.85. The quantitative estimate of drug-likeness (QED) is 0.333. The molecule has 0 aliphatic heterocycles. The normalized spacial score (nSPS) is 10.6. The van der Waals surface area contributed by atoms with E-state index < -0.39 is 5.82 Å². The number of hydrogen-bond acceptors (Lipinski definition) is 3. The molecule has 0 aliphatic carbocycles. The summed E-state index contributed by atoms with van der Waals surface area (Å²) in [6.07, 6.45) is 2.03. The van der Waals surface area contributed by atoms with Gasteiger partial charge in [-0.1, -0.05) is 24.6 Å². The van der Waals surface area contributed by atoms with Crippen molar-refractivity contribution in [3.63, 3.8) is 0 Å². The number of rotatable bonds is 5. The SMILES string of the molecule is CCCONC(=N)NN=Cc1c(F)cccc1Cl. The molecule has 0 fully saturated rings. The van der Waals surface area contributed by atoms with Gasteiger partial charge in [0.05, 0.1) is 17.8 Å². The van der Waals surface area contributed by atoms with Crippen LogP contribution in [-0.4, -0.2) is 18.8 Å². The van der Waals surface area contributed by atoms with E-state index in [0.717, 1.165) is 6.42 Å². The first-order chi connectivity index (χ1) is 8.65. The lowest BCUT2D eigenvalue weighted by Gasteiger charge is -2.05. The minimum absolute atomic E-state index is 0.146. The number of benzene rings is 1. The molecule has 1 aromatic carbocycles. The van der Waals surface area contributed by atoms with Crippen LogP contribution in [0.5, 0.6) is 0 Å². The Labute approximate surface area is 109 Å². The van der Waals surface area contributed by atoms with Gasteiger partial charge in [-0.25, -0.2) is 15.3 Å². The van der Waals surface area contributed by atoms with Gasteiger partial charge in [-0.15, -0.1) is 0 Å². The molecule has 0 unspecified atom stereocenters. The molecule has 0 spiro atoms. The van der Waals surface area contributed by atoms with E-state index in [1.54, 1.807) is 6.07 Å². The molecule has 1 rings (SSSR count). The number of halogens is 2. The van der Waals surface area contributed by atoms with Gasteiger partial charge in [0.15, 0.2) is 0 Å². The van der Waals surface area contributed by atoms with E-state index in [2.05, 4.69) is 16.0 Å². The van der Waals surface area contributed by atoms with Crippen molar-refractivity contribution in [2.45, 2.75) is 13.3 Å². The Kier molecular flexibility index (Phi) is 6.10. The fraction of sp³-hybridized carbons (Fsp3) is 0.273. The molecule has 0 bridgehead atoms. The predicted octanol–water partition coefficient (Wildman–Crippen LogP) is 2.27. The number of hydrogen-bond donors (Lipinski definition) is 3. The second-order valence-corrected chi connectivity index (χ2v) is 3.74. The van der Waals surface area contributed by atoms with Gasteiger partial charge in [-0.2, -0.15) is 5.10 Å². The number of nitrogens with zero attached hydrogens (tertiary/aromatic N) is 1. The van der Waals surface area contributed by atoms with Gasteiger partial charge >= 0.3 is 0 Å². The second-order valence-electron chi connectivity index (χ2n) is 3.33. The standard InChI is InChI=1S/C11H14ClFN4O/c1-2-6-18-17-11(14)16-15-7-8-9(12)4-3-5-10(8)13/h3-5,7H,2,6H2,1H3,(H3,14,16,17). The molecule has 7 heteroatoms. The van der Waals surface area contributed by atoms with Crippen molar-refractivity contribution in [3.05, 3.63) is 34.6 Å². The maximum Gasteiger partial charge on any atom is 0.233 e. The average molecular weight is 273 g/mol. The van der Waals surface area contributed by atoms with Gasteiger partial charge in [0.2, 0.25) is 5.96 Å². The number of nitrogens with one attached hydrogen (secondary N) is 3. The van der Waals surface area contributed by atoms with E-state index >= 15 is 0 Å². The summed E-state index contributed by atoms with van der Waals surface area (Å²) in [6, 6.07) is 4.34. The summed E-state index contributed by atoms with van der Waals surface area (Å²) in [5, 5.41) is 11.3. The first-order valence-electron chi connectivity index (χ1n) is 5.34. The highest BCUT2D eigenvalue weighted by atomic mass is 35.5. The first kappa shape index (κ1) is 14.4. The zero-order chi connectivity index (χ0) is 13.4. The third kappa shape index (κ3) is 4.68. The van der Waals surface area contributed by atoms with E-state index in [9.17, 15) is 4.39 Å². The summed E-state index contributed by atoms with van der Waals surface area (Å²) in [4.78, 5) is 4.88. The fourth-order valence-corrected chi connectivity index (χ4v) is 1.26. The van der Waals surface area contributed by atoms with E-state index in [-0.39, 0.29) is 16.5 Å². The Morgan fingerprint density at radius 1 is 1.61 bits per heavy atom. The zero-order valence-electron chi connectivity index (χ0n) is 9.84. The van der Waals surface area contributed by atoms with Crippen molar-refractivity contribution in [2.24, 2.45) is 5.10 Å². The summed E-state index contributed by atoms with van der Waals surface area (Å²) < 4.78 is 13.3. The molecule has 0 aliphatic rings. The molecule has 0 aromatic heterocycles. The van der Waals surface area contributed by atoms with E-state index in [0.29, 0.717) is 6.61 Å². The van der Waals surface area contributed by atoms with Gasteiger partial charge in [0.25, 0.3) is 0 Å². The first-order valence-corrected chi connectivity index (χ1v) is 5.72. The molecule has 5 nitrogen and oxygen atoms in total. The summed E-state index contributed by atoms with van der Waals surface area (Å²) in [7, 11) is 0. The lowest BCUT2D eigenvalue weighted by atomic mass is 10.2. The average Bonchev–Trinajstić information content (AvgIpc) is 2.33. The van der Waals surface area contributed by atoms with Crippen molar-refractivity contribution >= 4 is 23.8 Å². The minimum atomic E-state index is -0.477. The largest absolute Gasteiger partial charge is 0.274 e. The zero-order valence-corrected chi connectivity index (χ0v) is 10.6. The van der Waals surface area contributed by atoms with Crippen molar-refractivity contribution < 1.29 is 9.23 Å². The number of hydrazone groups is 1. The van der Waals surface area contributed by atoms with Crippen LogP contribution in [0, 0.1) is 11.2 Å². The lowest BCUT2D eigenvalue weighted by Crippen LogP contribution is -2.33. The molecule has 0 saturated carbocycles. The van der Waals surface area contributed by atoms with Gasteiger partial charge in [-0.3, -0.25) is 10.2 Å². The maximum absolute atomic E-state index is 13.3. The molecule has 0 amide bonds. The summed E-state index contributed by atoms with van der Waals surface area (Å²) in [5.41, 5.74) is 4.83. The molecule has 0 atom stereocenters. The van der Waals surface area contributed by atoms with Crippen LogP contribution in [-0.2, 0) is 4.84 Å². The highest BCUT2D eigenvalue weighted by Gasteiger charge is 2.03. The molecular formula is C11H14ClFN4O. The Bertz CT molecular complexity index is 419. The molecule has 1 aromatic rings.